The second-order valence-corrected chi connectivity index (χ2v) is 7.18. The highest BCUT2D eigenvalue weighted by Gasteiger charge is 2.31. The number of nitrogens with zero attached hydrogens (tertiary/aromatic N) is 1. The average Bonchev–Trinajstić information content (AvgIpc) is 3.05. The van der Waals surface area contributed by atoms with Gasteiger partial charge in [-0.25, -0.2) is 0 Å². The van der Waals surface area contributed by atoms with Gasteiger partial charge in [0.05, 0.1) is 19.3 Å². The Bertz CT molecular complexity index is 896. The van der Waals surface area contributed by atoms with Crippen molar-refractivity contribution in [2.24, 2.45) is 0 Å². The summed E-state index contributed by atoms with van der Waals surface area (Å²) in [6, 6.07) is 13.1. The first kappa shape index (κ1) is 18.3. The highest BCUT2D eigenvalue weighted by atomic mass is 16.5. The zero-order valence-corrected chi connectivity index (χ0v) is 15.9. The van der Waals surface area contributed by atoms with E-state index in [1.54, 1.807) is 24.3 Å². The number of nitrogens with one attached hydrogen (secondary N) is 1. The summed E-state index contributed by atoms with van der Waals surface area (Å²) in [4.78, 5) is 26.4. The molecule has 6 nitrogen and oxygen atoms in total. The van der Waals surface area contributed by atoms with Crippen molar-refractivity contribution < 1.29 is 19.1 Å². The van der Waals surface area contributed by atoms with Gasteiger partial charge in [-0.05, 0) is 48.7 Å². The Morgan fingerprint density at radius 1 is 1.04 bits per heavy atom. The van der Waals surface area contributed by atoms with Gasteiger partial charge in [0.1, 0.15) is 0 Å². The summed E-state index contributed by atoms with van der Waals surface area (Å²) < 4.78 is 11.5. The lowest BCUT2D eigenvalue weighted by molar-refractivity contribution is -0.114. The Kier molecular flexibility index (Phi) is 5.19. The quantitative estimate of drug-likeness (QED) is 0.880. The van der Waals surface area contributed by atoms with Crippen LogP contribution < -0.4 is 14.8 Å². The number of hydrogen-bond donors (Lipinski definition) is 1. The van der Waals surface area contributed by atoms with Crippen LogP contribution in [0, 0.1) is 0 Å². The molecule has 2 aromatic carbocycles. The van der Waals surface area contributed by atoms with Crippen LogP contribution in [-0.4, -0.2) is 36.5 Å². The van der Waals surface area contributed by atoms with Crippen molar-refractivity contribution >= 4 is 17.5 Å². The third kappa shape index (κ3) is 3.81. The van der Waals surface area contributed by atoms with Gasteiger partial charge in [-0.2, -0.15) is 0 Å². The molecular weight excluding hydrogens is 356 g/mol. The van der Waals surface area contributed by atoms with Gasteiger partial charge in [-0.1, -0.05) is 12.1 Å². The van der Waals surface area contributed by atoms with E-state index in [1.807, 2.05) is 23.1 Å². The maximum absolute atomic E-state index is 13.2. The van der Waals surface area contributed by atoms with Gasteiger partial charge in [0, 0.05) is 31.1 Å². The molecule has 0 bridgehead atoms. The molecule has 1 atom stereocenters. The molecule has 1 unspecified atom stereocenters. The van der Waals surface area contributed by atoms with Crippen molar-refractivity contribution in [2.45, 2.75) is 32.2 Å². The third-order valence-electron chi connectivity index (χ3n) is 5.10. The van der Waals surface area contributed by atoms with Gasteiger partial charge in [-0.15, -0.1) is 0 Å². The van der Waals surface area contributed by atoms with E-state index in [-0.39, 0.29) is 17.9 Å². The molecule has 0 spiro atoms. The molecule has 146 valence electrons. The SMILES string of the molecule is CC(=O)Nc1cccc(C(=O)N2CCCC2c2ccc3c(c2)OCCCO3)c1. The molecule has 2 aliphatic heterocycles. The highest BCUT2D eigenvalue weighted by molar-refractivity contribution is 5.97. The number of benzene rings is 2. The van der Waals surface area contributed by atoms with Crippen molar-refractivity contribution in [3.63, 3.8) is 0 Å². The molecular formula is C22H24N2O4. The van der Waals surface area contributed by atoms with Crippen LogP contribution in [-0.2, 0) is 4.79 Å². The van der Waals surface area contributed by atoms with Crippen molar-refractivity contribution in [3.05, 3.63) is 53.6 Å². The van der Waals surface area contributed by atoms with E-state index in [1.165, 1.54) is 6.92 Å². The van der Waals surface area contributed by atoms with Gasteiger partial charge in [0.25, 0.3) is 5.91 Å². The molecule has 1 saturated heterocycles. The molecule has 2 aliphatic rings. The number of likely N-dealkylation sites (tertiary alicyclic amines) is 1. The van der Waals surface area contributed by atoms with Crippen LogP contribution in [0.4, 0.5) is 5.69 Å². The summed E-state index contributed by atoms with van der Waals surface area (Å²) in [6.07, 6.45) is 2.73. The van der Waals surface area contributed by atoms with Crippen LogP contribution in [0.25, 0.3) is 0 Å². The molecule has 1 N–H and O–H groups in total. The van der Waals surface area contributed by atoms with Crippen LogP contribution in [0.2, 0.25) is 0 Å². The van der Waals surface area contributed by atoms with Crippen LogP contribution in [0.1, 0.15) is 48.1 Å². The summed E-state index contributed by atoms with van der Waals surface area (Å²) in [5, 5.41) is 2.73. The number of hydrogen-bond acceptors (Lipinski definition) is 4. The van der Waals surface area contributed by atoms with Gasteiger partial charge < -0.3 is 19.7 Å². The Morgan fingerprint density at radius 2 is 1.86 bits per heavy atom. The lowest BCUT2D eigenvalue weighted by atomic mass is 10.0. The Morgan fingerprint density at radius 3 is 2.68 bits per heavy atom. The number of anilines is 1. The average molecular weight is 380 g/mol. The largest absolute Gasteiger partial charge is 0.490 e. The fraction of sp³-hybridized carbons (Fsp3) is 0.364. The topological polar surface area (TPSA) is 67.9 Å². The summed E-state index contributed by atoms with van der Waals surface area (Å²) in [5.74, 6) is 1.33. The van der Waals surface area contributed by atoms with E-state index in [0.29, 0.717) is 31.0 Å². The van der Waals surface area contributed by atoms with Crippen LogP contribution >= 0.6 is 0 Å². The molecule has 0 saturated carbocycles. The molecule has 0 aromatic heterocycles. The summed E-state index contributed by atoms with van der Waals surface area (Å²) in [5.41, 5.74) is 2.27. The first-order valence-electron chi connectivity index (χ1n) is 9.70. The molecule has 2 amide bonds. The maximum atomic E-state index is 13.2. The fourth-order valence-corrected chi connectivity index (χ4v) is 3.84. The zero-order chi connectivity index (χ0) is 19.5. The molecule has 4 rings (SSSR count). The maximum Gasteiger partial charge on any atom is 0.254 e. The van der Waals surface area contributed by atoms with E-state index < -0.39 is 0 Å². The van der Waals surface area contributed by atoms with Crippen LogP contribution in [0.15, 0.2) is 42.5 Å². The standard InChI is InChI=1S/C22H24N2O4/c1-15(25)23-18-6-2-5-17(13-18)22(26)24-10-3-7-19(24)16-8-9-20-21(14-16)28-12-4-11-27-20/h2,5-6,8-9,13-14,19H,3-4,7,10-12H2,1H3,(H,23,25). The molecule has 1 fully saturated rings. The van der Waals surface area contributed by atoms with Gasteiger partial charge in [0.2, 0.25) is 5.91 Å². The first-order valence-corrected chi connectivity index (χ1v) is 9.70. The molecule has 6 heteroatoms. The molecule has 0 aliphatic carbocycles. The number of fused-ring (bicyclic) bond motifs is 1. The van der Waals surface area contributed by atoms with Crippen molar-refractivity contribution in [1.29, 1.82) is 0 Å². The predicted molar refractivity (Wildman–Crippen MR) is 106 cm³/mol. The highest BCUT2D eigenvalue weighted by Crippen LogP contribution is 2.38. The van der Waals surface area contributed by atoms with Crippen molar-refractivity contribution in [3.8, 4) is 11.5 Å². The minimum Gasteiger partial charge on any atom is -0.490 e. The predicted octanol–water partition coefficient (Wildman–Crippen LogP) is 3.78. The van der Waals surface area contributed by atoms with Gasteiger partial charge in [0.15, 0.2) is 11.5 Å². The number of carbonyl (C=O) groups excluding carboxylic acids is 2. The van der Waals surface area contributed by atoms with Crippen molar-refractivity contribution in [1.82, 2.24) is 4.90 Å². The molecule has 2 aromatic rings. The summed E-state index contributed by atoms with van der Waals surface area (Å²) in [6.45, 7) is 3.46. The minimum absolute atomic E-state index is 0.00840. The fourth-order valence-electron chi connectivity index (χ4n) is 3.84. The van der Waals surface area contributed by atoms with Crippen molar-refractivity contribution in [2.75, 3.05) is 25.1 Å². The number of amides is 2. The van der Waals surface area contributed by atoms with Gasteiger partial charge in [-0.3, -0.25) is 9.59 Å². The number of carbonyl (C=O) groups is 2. The number of ether oxygens (including phenoxy) is 2. The number of rotatable bonds is 3. The second kappa shape index (κ2) is 7.92. The smallest absolute Gasteiger partial charge is 0.254 e. The first-order chi connectivity index (χ1) is 13.6. The van der Waals surface area contributed by atoms with E-state index in [9.17, 15) is 9.59 Å². The van der Waals surface area contributed by atoms with Crippen LogP contribution in [0.3, 0.4) is 0 Å². The Balaban J connectivity index is 1.57. The second-order valence-electron chi connectivity index (χ2n) is 7.18. The summed E-state index contributed by atoms with van der Waals surface area (Å²) >= 11 is 0. The van der Waals surface area contributed by atoms with E-state index in [2.05, 4.69) is 5.32 Å². The molecule has 2 heterocycles. The summed E-state index contributed by atoms with van der Waals surface area (Å²) in [7, 11) is 0. The van der Waals surface area contributed by atoms with E-state index in [0.717, 1.165) is 36.3 Å². The van der Waals surface area contributed by atoms with E-state index in [4.69, 9.17) is 9.47 Å². The lowest BCUT2D eigenvalue weighted by Gasteiger charge is -2.26. The third-order valence-corrected chi connectivity index (χ3v) is 5.10. The monoisotopic (exact) mass is 380 g/mol. The Hall–Kier alpha value is -3.02. The molecule has 28 heavy (non-hydrogen) atoms. The van der Waals surface area contributed by atoms with Crippen LogP contribution in [0.5, 0.6) is 11.5 Å². The minimum atomic E-state index is -0.157. The Labute approximate surface area is 164 Å². The zero-order valence-electron chi connectivity index (χ0n) is 15.9. The van der Waals surface area contributed by atoms with Gasteiger partial charge >= 0.3 is 0 Å². The van der Waals surface area contributed by atoms with E-state index >= 15 is 0 Å². The normalized spacial score (nSPS) is 18.5. The molecule has 0 radical (unpaired) electrons. The lowest BCUT2D eigenvalue weighted by Crippen LogP contribution is -2.30.